The molecule has 1 saturated heterocycles. The molecule has 0 bridgehead atoms. The molecule has 4 nitrogen and oxygen atoms in total. The van der Waals surface area contributed by atoms with Crippen LogP contribution in [-0.4, -0.2) is 18.0 Å². The molecule has 0 atom stereocenters. The maximum absolute atomic E-state index is 10.9. The van der Waals surface area contributed by atoms with Crippen LogP contribution in [0, 0.1) is 19.1 Å². The van der Waals surface area contributed by atoms with Crippen molar-refractivity contribution in [3.63, 3.8) is 0 Å². The predicted molar refractivity (Wildman–Crippen MR) is 92.8 cm³/mol. The molecule has 0 amide bonds. The topological polar surface area (TPSA) is 46.4 Å². The summed E-state index contributed by atoms with van der Waals surface area (Å²) in [5.41, 5.74) is 1.94. The molecular formula is C16H21IN2O2. The summed E-state index contributed by atoms with van der Waals surface area (Å²) >= 11 is 2.07. The van der Waals surface area contributed by atoms with Gasteiger partial charge in [0.2, 0.25) is 0 Å². The van der Waals surface area contributed by atoms with Gasteiger partial charge in [0.25, 0.3) is 5.69 Å². The molecular weight excluding hydrogens is 379 g/mol. The largest absolute Gasteiger partial charge is 0.371 e. The van der Waals surface area contributed by atoms with Crippen LogP contribution in [0.3, 0.4) is 0 Å². The Labute approximate surface area is 139 Å². The van der Waals surface area contributed by atoms with E-state index in [9.17, 15) is 10.1 Å². The van der Waals surface area contributed by atoms with E-state index in [2.05, 4.69) is 27.5 Å². The number of hydrogen-bond donors (Lipinski definition) is 0. The first kappa shape index (κ1) is 15.1. The Bertz CT molecular complexity index is 531. The smallest absolute Gasteiger partial charge is 0.282 e. The summed E-state index contributed by atoms with van der Waals surface area (Å²) in [6, 6.07) is 5.50. The van der Waals surface area contributed by atoms with Crippen LogP contribution in [0.15, 0.2) is 18.2 Å². The molecule has 1 aromatic carbocycles. The van der Waals surface area contributed by atoms with Crippen molar-refractivity contribution < 1.29 is 4.92 Å². The van der Waals surface area contributed by atoms with Gasteiger partial charge in [0.15, 0.2) is 0 Å². The molecule has 0 aromatic heterocycles. The van der Waals surface area contributed by atoms with Crippen LogP contribution in [0.5, 0.6) is 0 Å². The molecule has 21 heavy (non-hydrogen) atoms. The highest BCUT2D eigenvalue weighted by Gasteiger charge is 2.35. The molecule has 1 spiro atoms. The van der Waals surface area contributed by atoms with Crippen LogP contribution in [0.2, 0.25) is 0 Å². The van der Waals surface area contributed by atoms with Crippen molar-refractivity contribution in [3.8, 4) is 0 Å². The van der Waals surface area contributed by atoms with E-state index in [1.165, 1.54) is 44.9 Å². The number of anilines is 1. The second-order valence-electron chi connectivity index (χ2n) is 6.44. The minimum atomic E-state index is -0.307. The first-order valence-corrected chi connectivity index (χ1v) is 8.86. The number of benzene rings is 1. The monoisotopic (exact) mass is 400 g/mol. The van der Waals surface area contributed by atoms with E-state index in [1.54, 1.807) is 6.07 Å². The molecule has 0 N–H and O–H groups in total. The first-order valence-electron chi connectivity index (χ1n) is 7.79. The van der Waals surface area contributed by atoms with Crippen LogP contribution in [-0.2, 0) is 0 Å². The average molecular weight is 400 g/mol. The zero-order chi connectivity index (χ0) is 14.9. The number of nitro benzene ring substituents is 1. The summed E-state index contributed by atoms with van der Waals surface area (Å²) < 4.78 is 0.730. The van der Waals surface area contributed by atoms with E-state index in [1.807, 2.05) is 12.1 Å². The quantitative estimate of drug-likeness (QED) is 0.409. The van der Waals surface area contributed by atoms with Gasteiger partial charge in [0.05, 0.1) is 8.49 Å². The molecule has 2 aliphatic rings. The zero-order valence-electron chi connectivity index (χ0n) is 12.2. The van der Waals surface area contributed by atoms with Gasteiger partial charge in [-0.1, -0.05) is 19.3 Å². The lowest BCUT2D eigenvalue weighted by molar-refractivity contribution is -0.385. The average Bonchev–Trinajstić information content (AvgIpc) is 2.48. The van der Waals surface area contributed by atoms with Crippen molar-refractivity contribution in [2.75, 3.05) is 18.0 Å². The van der Waals surface area contributed by atoms with Crippen molar-refractivity contribution in [2.24, 2.45) is 5.41 Å². The Kier molecular flexibility index (Phi) is 4.38. The fraction of sp³-hybridized carbons (Fsp3) is 0.625. The van der Waals surface area contributed by atoms with Crippen molar-refractivity contribution in [3.05, 3.63) is 31.9 Å². The summed E-state index contributed by atoms with van der Waals surface area (Å²) in [6.45, 7) is 2.18. The number of nitrogens with zero attached hydrogens (tertiary/aromatic N) is 2. The summed E-state index contributed by atoms with van der Waals surface area (Å²) in [4.78, 5) is 13.0. The fourth-order valence-electron chi connectivity index (χ4n) is 3.88. The van der Waals surface area contributed by atoms with E-state index in [0.717, 1.165) is 22.3 Å². The number of halogens is 1. The van der Waals surface area contributed by atoms with E-state index in [4.69, 9.17) is 0 Å². The van der Waals surface area contributed by atoms with Gasteiger partial charge in [-0.2, -0.15) is 0 Å². The lowest BCUT2D eigenvalue weighted by Crippen LogP contribution is -2.41. The number of rotatable bonds is 2. The lowest BCUT2D eigenvalue weighted by atomic mass is 9.68. The third-order valence-corrected chi connectivity index (χ3v) is 6.10. The van der Waals surface area contributed by atoms with Crippen LogP contribution < -0.4 is 4.90 Å². The van der Waals surface area contributed by atoms with Gasteiger partial charge < -0.3 is 4.90 Å². The van der Waals surface area contributed by atoms with Gasteiger partial charge in [-0.25, -0.2) is 0 Å². The molecule has 0 radical (unpaired) electrons. The van der Waals surface area contributed by atoms with E-state index in [-0.39, 0.29) is 10.6 Å². The lowest BCUT2D eigenvalue weighted by Gasteiger charge is -2.45. The van der Waals surface area contributed by atoms with E-state index >= 15 is 0 Å². The molecule has 5 heteroatoms. The Morgan fingerprint density at radius 1 is 1.10 bits per heavy atom. The van der Waals surface area contributed by atoms with Crippen LogP contribution in [0.4, 0.5) is 11.4 Å². The zero-order valence-corrected chi connectivity index (χ0v) is 14.3. The number of hydrogen-bond acceptors (Lipinski definition) is 3. The maximum atomic E-state index is 10.9. The van der Waals surface area contributed by atoms with Crippen molar-refractivity contribution in [1.29, 1.82) is 0 Å². The molecule has 0 unspecified atom stereocenters. The van der Waals surface area contributed by atoms with Gasteiger partial charge in [-0.15, -0.1) is 0 Å². The maximum Gasteiger partial charge on any atom is 0.282 e. The fourth-order valence-corrected chi connectivity index (χ4v) is 4.58. The van der Waals surface area contributed by atoms with Gasteiger partial charge in [-0.05, 0) is 65.8 Å². The predicted octanol–water partition coefficient (Wildman–Crippen LogP) is 4.75. The van der Waals surface area contributed by atoms with Crippen LogP contribution in [0.1, 0.15) is 44.9 Å². The molecule has 1 aromatic rings. The minimum absolute atomic E-state index is 0.208. The van der Waals surface area contributed by atoms with E-state index < -0.39 is 0 Å². The van der Waals surface area contributed by atoms with Crippen molar-refractivity contribution >= 4 is 34.0 Å². The molecule has 1 aliphatic heterocycles. The Balaban J connectivity index is 1.69. The number of piperidine rings is 1. The molecule has 1 aliphatic carbocycles. The second-order valence-corrected chi connectivity index (χ2v) is 7.60. The standard InChI is InChI=1S/C16H21IN2O2/c17-14-12-13(4-5-15(14)19(20)21)18-10-8-16(9-11-18)6-2-1-3-7-16/h4-5,12H,1-3,6-11H2. The molecule has 114 valence electrons. The van der Waals surface area contributed by atoms with Crippen molar-refractivity contribution in [1.82, 2.24) is 0 Å². The Morgan fingerprint density at radius 3 is 2.33 bits per heavy atom. The van der Waals surface area contributed by atoms with Crippen molar-refractivity contribution in [2.45, 2.75) is 44.9 Å². The third kappa shape index (κ3) is 3.17. The summed E-state index contributed by atoms with van der Waals surface area (Å²) in [5, 5.41) is 10.9. The van der Waals surface area contributed by atoms with Gasteiger partial charge in [0, 0.05) is 24.8 Å². The number of nitro groups is 1. The van der Waals surface area contributed by atoms with Gasteiger partial charge in [-0.3, -0.25) is 10.1 Å². The van der Waals surface area contributed by atoms with Crippen LogP contribution >= 0.6 is 22.6 Å². The summed E-state index contributed by atoms with van der Waals surface area (Å²) in [7, 11) is 0. The summed E-state index contributed by atoms with van der Waals surface area (Å²) in [5.74, 6) is 0. The minimum Gasteiger partial charge on any atom is -0.371 e. The highest BCUT2D eigenvalue weighted by Crippen LogP contribution is 2.45. The van der Waals surface area contributed by atoms with Crippen LogP contribution in [0.25, 0.3) is 0 Å². The highest BCUT2D eigenvalue weighted by atomic mass is 127. The molecule has 1 saturated carbocycles. The normalized spacial score (nSPS) is 21.5. The van der Waals surface area contributed by atoms with Gasteiger partial charge >= 0.3 is 0 Å². The molecule has 3 rings (SSSR count). The molecule has 2 fully saturated rings. The highest BCUT2D eigenvalue weighted by molar-refractivity contribution is 14.1. The Hall–Kier alpha value is -0.850. The summed E-state index contributed by atoms with van der Waals surface area (Å²) in [6.07, 6.45) is 9.56. The van der Waals surface area contributed by atoms with E-state index in [0.29, 0.717) is 5.41 Å². The SMILES string of the molecule is O=[N+]([O-])c1ccc(N2CCC3(CCCCC3)CC2)cc1I. The molecule has 1 heterocycles. The van der Waals surface area contributed by atoms with Gasteiger partial charge in [0.1, 0.15) is 0 Å². The third-order valence-electron chi connectivity index (χ3n) is 5.23. The first-order chi connectivity index (χ1) is 10.1. The second kappa shape index (κ2) is 6.10. The Morgan fingerprint density at radius 2 is 1.76 bits per heavy atom.